The maximum Gasteiger partial charge on any atom is 0.316 e. The van der Waals surface area contributed by atoms with Gasteiger partial charge in [0.1, 0.15) is 10.5 Å². The fourth-order valence-electron chi connectivity index (χ4n) is 2.42. The van der Waals surface area contributed by atoms with Crippen LogP contribution in [-0.2, 0) is 9.53 Å². The molecule has 8 heteroatoms. The van der Waals surface area contributed by atoms with Gasteiger partial charge in [-0.05, 0) is 38.1 Å². The van der Waals surface area contributed by atoms with Gasteiger partial charge in [-0.3, -0.25) is 4.79 Å². The molecule has 0 amide bonds. The van der Waals surface area contributed by atoms with Gasteiger partial charge in [-0.1, -0.05) is 23.4 Å². The van der Waals surface area contributed by atoms with Gasteiger partial charge < -0.3 is 4.74 Å². The molecule has 0 saturated heterocycles. The van der Waals surface area contributed by atoms with Crippen molar-refractivity contribution in [2.45, 2.75) is 18.9 Å². The molecule has 3 rings (SSSR count). The summed E-state index contributed by atoms with van der Waals surface area (Å²) in [5.74, 6) is -0.152. The lowest BCUT2D eigenvalue weighted by Crippen LogP contribution is -2.04. The molecule has 124 valence electrons. The number of benzene rings is 1. The van der Waals surface area contributed by atoms with Crippen LogP contribution in [-0.4, -0.2) is 38.8 Å². The highest BCUT2D eigenvalue weighted by molar-refractivity contribution is 8.00. The van der Waals surface area contributed by atoms with E-state index in [9.17, 15) is 4.79 Å². The van der Waals surface area contributed by atoms with Crippen LogP contribution in [0.3, 0.4) is 0 Å². The van der Waals surface area contributed by atoms with Crippen LogP contribution in [0.15, 0.2) is 29.3 Å². The smallest absolute Gasteiger partial charge is 0.316 e. The number of aromatic nitrogens is 4. The molecule has 0 atom stereocenters. The molecule has 0 unspecified atom stereocenters. The van der Waals surface area contributed by atoms with Crippen LogP contribution in [0, 0.1) is 13.8 Å². The van der Waals surface area contributed by atoms with Crippen LogP contribution in [0.2, 0.25) is 5.02 Å². The zero-order valence-corrected chi connectivity index (χ0v) is 15.0. The lowest BCUT2D eigenvalue weighted by Gasteiger charge is -2.03. The Balaban J connectivity index is 2.10. The van der Waals surface area contributed by atoms with Gasteiger partial charge in [0.2, 0.25) is 0 Å². The number of methoxy groups -OCH3 is 1. The summed E-state index contributed by atoms with van der Waals surface area (Å²) in [4.78, 5) is 11.4. The van der Waals surface area contributed by atoms with Gasteiger partial charge in [-0.15, -0.1) is 5.10 Å². The van der Waals surface area contributed by atoms with Gasteiger partial charge in [0.05, 0.1) is 29.9 Å². The summed E-state index contributed by atoms with van der Waals surface area (Å²) < 4.78 is 6.50. The second kappa shape index (κ2) is 6.78. The van der Waals surface area contributed by atoms with E-state index in [0.717, 1.165) is 28.0 Å². The molecule has 0 bridgehead atoms. The highest BCUT2D eigenvalue weighted by atomic mass is 35.5. The predicted octanol–water partition coefficient (Wildman–Crippen LogP) is 3.35. The molecule has 0 aliphatic rings. The third kappa shape index (κ3) is 3.09. The van der Waals surface area contributed by atoms with E-state index >= 15 is 0 Å². The quantitative estimate of drug-likeness (QED) is 0.523. The second-order valence-electron chi connectivity index (χ2n) is 5.15. The van der Waals surface area contributed by atoms with Crippen LogP contribution >= 0.6 is 23.4 Å². The Labute approximate surface area is 148 Å². The molecule has 1 aromatic carbocycles. The van der Waals surface area contributed by atoms with Crippen molar-refractivity contribution in [2.75, 3.05) is 12.9 Å². The monoisotopic (exact) mass is 362 g/mol. The Hall–Kier alpha value is -2.12. The van der Waals surface area contributed by atoms with Crippen molar-refractivity contribution in [3.8, 4) is 5.69 Å². The highest BCUT2D eigenvalue weighted by Gasteiger charge is 2.18. The first kappa shape index (κ1) is 16.7. The fourth-order valence-corrected chi connectivity index (χ4v) is 3.30. The first-order chi connectivity index (χ1) is 11.5. The van der Waals surface area contributed by atoms with Crippen LogP contribution in [0.1, 0.15) is 11.4 Å². The molecule has 0 aliphatic carbocycles. The van der Waals surface area contributed by atoms with E-state index in [1.807, 2.05) is 42.8 Å². The fraction of sp³-hybridized carbons (Fsp3) is 0.250. The third-order valence-electron chi connectivity index (χ3n) is 3.60. The Kier molecular flexibility index (Phi) is 4.73. The molecule has 0 aliphatic heterocycles. The number of thioether (sulfide) groups is 1. The summed E-state index contributed by atoms with van der Waals surface area (Å²) in [7, 11) is 1.36. The second-order valence-corrected chi connectivity index (χ2v) is 6.55. The number of ether oxygens (including phenoxy) is 1. The van der Waals surface area contributed by atoms with Crippen molar-refractivity contribution in [1.82, 2.24) is 20.0 Å². The standard InChI is InChI=1S/C16H15ClN4O2S/c1-9-14-10(2)21(12-6-4-11(17)5-7-12)20-15(14)16(19-18-9)24-8-13(22)23-3/h4-7H,8H2,1-3H3. The van der Waals surface area contributed by atoms with Gasteiger partial charge in [0, 0.05) is 10.4 Å². The highest BCUT2D eigenvalue weighted by Crippen LogP contribution is 2.30. The molecule has 2 heterocycles. The number of hydrogen-bond acceptors (Lipinski definition) is 6. The molecule has 0 N–H and O–H groups in total. The van der Waals surface area contributed by atoms with Gasteiger partial charge in [0.15, 0.2) is 0 Å². The number of carbonyl (C=O) groups excluding carboxylic acids is 1. The Morgan fingerprint density at radius 3 is 2.62 bits per heavy atom. The molecule has 0 saturated carbocycles. The van der Waals surface area contributed by atoms with Crippen molar-refractivity contribution in [1.29, 1.82) is 0 Å². The first-order valence-electron chi connectivity index (χ1n) is 7.19. The molecular formula is C16H15ClN4O2S. The van der Waals surface area contributed by atoms with Crippen LogP contribution in [0.5, 0.6) is 0 Å². The van der Waals surface area contributed by atoms with Crippen molar-refractivity contribution >= 4 is 40.2 Å². The number of aryl methyl sites for hydroxylation is 2. The van der Waals surface area contributed by atoms with Crippen molar-refractivity contribution in [2.24, 2.45) is 0 Å². The summed E-state index contributed by atoms with van der Waals surface area (Å²) in [6.45, 7) is 3.87. The summed E-state index contributed by atoms with van der Waals surface area (Å²) >= 11 is 7.22. The third-order valence-corrected chi connectivity index (χ3v) is 4.78. The lowest BCUT2D eigenvalue weighted by molar-refractivity contribution is -0.137. The number of halogens is 1. The Morgan fingerprint density at radius 1 is 1.25 bits per heavy atom. The van der Waals surface area contributed by atoms with Crippen LogP contribution in [0.25, 0.3) is 16.6 Å². The normalized spacial score (nSPS) is 11.0. The number of esters is 1. The van der Waals surface area contributed by atoms with Crippen molar-refractivity contribution < 1.29 is 9.53 Å². The summed E-state index contributed by atoms with van der Waals surface area (Å²) in [6.07, 6.45) is 0. The SMILES string of the molecule is COC(=O)CSc1nnc(C)c2c(C)n(-c3ccc(Cl)cc3)nc12. The molecule has 0 radical (unpaired) electrons. The van der Waals surface area contributed by atoms with E-state index in [2.05, 4.69) is 20.0 Å². The minimum absolute atomic E-state index is 0.163. The number of fused-ring (bicyclic) bond motifs is 1. The zero-order chi connectivity index (χ0) is 17.3. The molecule has 6 nitrogen and oxygen atoms in total. The van der Waals surface area contributed by atoms with E-state index in [1.165, 1.54) is 18.9 Å². The minimum Gasteiger partial charge on any atom is -0.468 e. The maximum atomic E-state index is 11.4. The van der Waals surface area contributed by atoms with Crippen LogP contribution in [0.4, 0.5) is 0 Å². The topological polar surface area (TPSA) is 69.9 Å². The van der Waals surface area contributed by atoms with E-state index in [4.69, 9.17) is 11.6 Å². The van der Waals surface area contributed by atoms with Gasteiger partial charge in [0.25, 0.3) is 0 Å². The molecule has 0 spiro atoms. The van der Waals surface area contributed by atoms with Crippen molar-refractivity contribution in [3.63, 3.8) is 0 Å². The largest absolute Gasteiger partial charge is 0.468 e. The first-order valence-corrected chi connectivity index (χ1v) is 8.55. The Bertz CT molecular complexity index is 909. The average molecular weight is 363 g/mol. The van der Waals surface area contributed by atoms with Gasteiger partial charge >= 0.3 is 5.97 Å². The summed E-state index contributed by atoms with van der Waals surface area (Å²) in [6, 6.07) is 7.44. The molecule has 3 aromatic rings. The Morgan fingerprint density at radius 2 is 1.96 bits per heavy atom. The molecule has 24 heavy (non-hydrogen) atoms. The molecular weight excluding hydrogens is 348 g/mol. The number of hydrogen-bond donors (Lipinski definition) is 0. The van der Waals surface area contributed by atoms with E-state index < -0.39 is 0 Å². The number of carbonyl (C=O) groups is 1. The average Bonchev–Trinajstić information content (AvgIpc) is 2.93. The number of nitrogens with zero attached hydrogens (tertiary/aromatic N) is 4. The van der Waals surface area contributed by atoms with Crippen molar-refractivity contribution in [3.05, 3.63) is 40.7 Å². The van der Waals surface area contributed by atoms with E-state index in [-0.39, 0.29) is 11.7 Å². The van der Waals surface area contributed by atoms with E-state index in [1.54, 1.807) is 0 Å². The van der Waals surface area contributed by atoms with Gasteiger partial charge in [-0.2, -0.15) is 10.2 Å². The van der Waals surface area contributed by atoms with Crippen LogP contribution < -0.4 is 0 Å². The maximum absolute atomic E-state index is 11.4. The molecule has 2 aromatic heterocycles. The van der Waals surface area contributed by atoms with E-state index in [0.29, 0.717) is 10.0 Å². The lowest BCUT2D eigenvalue weighted by atomic mass is 10.2. The predicted molar refractivity (Wildman–Crippen MR) is 93.9 cm³/mol. The minimum atomic E-state index is -0.315. The van der Waals surface area contributed by atoms with Gasteiger partial charge in [-0.25, -0.2) is 4.68 Å². The summed E-state index contributed by atoms with van der Waals surface area (Å²) in [5.41, 5.74) is 3.38. The summed E-state index contributed by atoms with van der Waals surface area (Å²) in [5, 5.41) is 15.3. The molecule has 0 fully saturated rings. The zero-order valence-electron chi connectivity index (χ0n) is 13.4. The number of rotatable bonds is 4.